The maximum Gasteiger partial charge on any atom is 0.252 e. The lowest BCUT2D eigenvalue weighted by atomic mass is 9.86. The number of benzene rings is 1. The molecule has 0 saturated heterocycles. The number of rotatable bonds is 7. The van der Waals surface area contributed by atoms with Crippen LogP contribution >= 0.6 is 0 Å². The lowest BCUT2D eigenvalue weighted by Crippen LogP contribution is -2.24. The van der Waals surface area contributed by atoms with Gasteiger partial charge < -0.3 is 10.1 Å². The molecule has 154 valence electrons. The van der Waals surface area contributed by atoms with Crippen LogP contribution in [0, 0.1) is 25.7 Å². The third-order valence-corrected chi connectivity index (χ3v) is 5.06. The van der Waals surface area contributed by atoms with E-state index in [-0.39, 0.29) is 23.9 Å². The molecule has 1 aromatic carbocycles. The van der Waals surface area contributed by atoms with Crippen LogP contribution < -0.4 is 5.56 Å². The number of aliphatic hydroxyl groups is 1. The van der Waals surface area contributed by atoms with Gasteiger partial charge in [-0.1, -0.05) is 45.5 Å². The van der Waals surface area contributed by atoms with E-state index in [1.54, 1.807) is 6.07 Å². The molecule has 0 aliphatic rings. The van der Waals surface area contributed by atoms with E-state index in [1.807, 2.05) is 39.8 Å². The van der Waals surface area contributed by atoms with E-state index < -0.39 is 0 Å². The number of unbranched alkanes of at least 4 members (excludes halogenated alkanes) is 2. The fourth-order valence-corrected chi connectivity index (χ4v) is 3.72. The summed E-state index contributed by atoms with van der Waals surface area (Å²) < 4.78 is 0. The van der Waals surface area contributed by atoms with E-state index in [0.717, 1.165) is 42.5 Å². The molecular formula is C25H31NO3. The molecule has 0 bridgehead atoms. The van der Waals surface area contributed by atoms with Crippen LogP contribution in [-0.4, -0.2) is 22.5 Å². The zero-order valence-corrected chi connectivity index (χ0v) is 18.1. The number of aryl methyl sites for hydroxylation is 2. The molecule has 0 aliphatic heterocycles. The number of carbonyl (C=O) groups excluding carboxylic acids is 1. The van der Waals surface area contributed by atoms with Crippen molar-refractivity contribution < 1.29 is 9.90 Å². The number of aromatic amines is 1. The number of hydrogen-bond donors (Lipinski definition) is 2. The van der Waals surface area contributed by atoms with E-state index in [4.69, 9.17) is 5.11 Å². The highest BCUT2D eigenvalue weighted by Crippen LogP contribution is 2.26. The van der Waals surface area contributed by atoms with Gasteiger partial charge in [-0.3, -0.25) is 9.59 Å². The molecule has 0 atom stereocenters. The SMILES string of the molecule is CCCCCc1c(C)[nH]c(=O)c(C(C)C)c1C(=O)c1cc(C)cc(C#CCO)c1. The van der Waals surface area contributed by atoms with Crippen molar-refractivity contribution in [1.82, 2.24) is 4.98 Å². The topological polar surface area (TPSA) is 70.2 Å². The Kier molecular flexibility index (Phi) is 7.99. The number of carbonyl (C=O) groups is 1. The van der Waals surface area contributed by atoms with Gasteiger partial charge in [-0.2, -0.15) is 0 Å². The predicted molar refractivity (Wildman–Crippen MR) is 118 cm³/mol. The quantitative estimate of drug-likeness (QED) is 0.415. The third-order valence-electron chi connectivity index (χ3n) is 5.06. The number of hydrogen-bond acceptors (Lipinski definition) is 3. The van der Waals surface area contributed by atoms with Gasteiger partial charge in [0, 0.05) is 27.9 Å². The molecular weight excluding hydrogens is 362 g/mol. The van der Waals surface area contributed by atoms with Crippen molar-refractivity contribution in [2.45, 2.75) is 66.2 Å². The molecule has 0 unspecified atom stereocenters. The molecule has 0 spiro atoms. The zero-order chi connectivity index (χ0) is 21.6. The lowest BCUT2D eigenvalue weighted by molar-refractivity contribution is 0.103. The van der Waals surface area contributed by atoms with Crippen LogP contribution in [0.15, 0.2) is 23.0 Å². The van der Waals surface area contributed by atoms with Crippen LogP contribution in [-0.2, 0) is 6.42 Å². The van der Waals surface area contributed by atoms with Gasteiger partial charge in [0.1, 0.15) is 6.61 Å². The summed E-state index contributed by atoms with van der Waals surface area (Å²) in [5.41, 5.74) is 4.74. The summed E-state index contributed by atoms with van der Waals surface area (Å²) in [6.45, 7) is 9.59. The molecule has 0 radical (unpaired) electrons. The Bertz CT molecular complexity index is 1000. The van der Waals surface area contributed by atoms with Crippen molar-refractivity contribution in [2.75, 3.05) is 6.61 Å². The number of nitrogens with one attached hydrogen (secondary N) is 1. The minimum Gasteiger partial charge on any atom is -0.384 e. The average Bonchev–Trinajstić information content (AvgIpc) is 2.66. The smallest absolute Gasteiger partial charge is 0.252 e. The van der Waals surface area contributed by atoms with Crippen LogP contribution in [0.4, 0.5) is 0 Å². The summed E-state index contributed by atoms with van der Waals surface area (Å²) in [5.74, 6) is 5.31. The van der Waals surface area contributed by atoms with Crippen molar-refractivity contribution in [1.29, 1.82) is 0 Å². The second-order valence-electron chi connectivity index (χ2n) is 7.83. The second-order valence-corrected chi connectivity index (χ2v) is 7.83. The minimum absolute atomic E-state index is 0.0679. The van der Waals surface area contributed by atoms with E-state index in [1.165, 1.54) is 0 Å². The van der Waals surface area contributed by atoms with Crippen molar-refractivity contribution >= 4 is 5.78 Å². The number of aliphatic hydroxyl groups excluding tert-OH is 1. The Morgan fingerprint density at radius 2 is 1.90 bits per heavy atom. The molecule has 1 heterocycles. The van der Waals surface area contributed by atoms with Gasteiger partial charge in [-0.05, 0) is 61.9 Å². The van der Waals surface area contributed by atoms with E-state index in [2.05, 4.69) is 23.7 Å². The molecule has 4 nitrogen and oxygen atoms in total. The Hall–Kier alpha value is -2.64. The Morgan fingerprint density at radius 3 is 2.52 bits per heavy atom. The first kappa shape index (κ1) is 22.6. The van der Waals surface area contributed by atoms with E-state index in [0.29, 0.717) is 22.3 Å². The summed E-state index contributed by atoms with van der Waals surface area (Å²) in [6, 6.07) is 5.46. The van der Waals surface area contributed by atoms with Crippen molar-refractivity contribution in [3.8, 4) is 11.8 Å². The van der Waals surface area contributed by atoms with Crippen molar-refractivity contribution in [2.24, 2.45) is 0 Å². The molecule has 2 aromatic rings. The molecule has 0 fully saturated rings. The summed E-state index contributed by atoms with van der Waals surface area (Å²) >= 11 is 0. The van der Waals surface area contributed by atoms with Gasteiger partial charge in [-0.15, -0.1) is 0 Å². The van der Waals surface area contributed by atoms with Gasteiger partial charge >= 0.3 is 0 Å². The normalized spacial score (nSPS) is 10.7. The van der Waals surface area contributed by atoms with Gasteiger partial charge in [0.05, 0.1) is 0 Å². The molecule has 0 amide bonds. The first-order chi connectivity index (χ1) is 13.8. The summed E-state index contributed by atoms with van der Waals surface area (Å²) in [7, 11) is 0. The number of pyridine rings is 1. The Labute approximate surface area is 173 Å². The van der Waals surface area contributed by atoms with Crippen molar-refractivity contribution in [3.05, 3.63) is 67.6 Å². The predicted octanol–water partition coefficient (Wildman–Crippen LogP) is 4.42. The van der Waals surface area contributed by atoms with Crippen LogP contribution in [0.2, 0.25) is 0 Å². The van der Waals surface area contributed by atoms with Gasteiger partial charge in [0.15, 0.2) is 5.78 Å². The summed E-state index contributed by atoms with van der Waals surface area (Å²) in [5, 5.41) is 8.97. The van der Waals surface area contributed by atoms with E-state index >= 15 is 0 Å². The maximum absolute atomic E-state index is 13.7. The van der Waals surface area contributed by atoms with Crippen LogP contribution in [0.25, 0.3) is 0 Å². The van der Waals surface area contributed by atoms with Gasteiger partial charge in [0.25, 0.3) is 5.56 Å². The highest BCUT2D eigenvalue weighted by molar-refractivity contribution is 6.11. The van der Waals surface area contributed by atoms with E-state index in [9.17, 15) is 9.59 Å². The molecule has 0 aliphatic carbocycles. The highest BCUT2D eigenvalue weighted by Gasteiger charge is 2.24. The average molecular weight is 394 g/mol. The first-order valence-electron chi connectivity index (χ1n) is 10.3. The lowest BCUT2D eigenvalue weighted by Gasteiger charge is -2.18. The van der Waals surface area contributed by atoms with Gasteiger partial charge in [-0.25, -0.2) is 0 Å². The highest BCUT2D eigenvalue weighted by atomic mass is 16.2. The molecule has 1 aromatic heterocycles. The number of ketones is 1. The van der Waals surface area contributed by atoms with Gasteiger partial charge in [0.2, 0.25) is 0 Å². The fraction of sp³-hybridized carbons (Fsp3) is 0.440. The standard InChI is InChI=1S/C25H31NO3/c1-6-7-8-11-21-18(5)26-25(29)22(16(2)3)23(21)24(28)20-14-17(4)13-19(15-20)10-9-12-27/h13-16,27H,6-8,11-12H2,1-5H3,(H,26,29). The first-order valence-corrected chi connectivity index (χ1v) is 10.3. The minimum atomic E-state index is -0.233. The van der Waals surface area contributed by atoms with Crippen molar-refractivity contribution in [3.63, 3.8) is 0 Å². The Morgan fingerprint density at radius 1 is 1.17 bits per heavy atom. The fourth-order valence-electron chi connectivity index (χ4n) is 3.72. The monoisotopic (exact) mass is 393 g/mol. The summed E-state index contributed by atoms with van der Waals surface area (Å²) in [4.78, 5) is 29.4. The number of aromatic nitrogens is 1. The van der Waals surface area contributed by atoms with Crippen LogP contribution in [0.5, 0.6) is 0 Å². The summed E-state index contributed by atoms with van der Waals surface area (Å²) in [6.07, 6.45) is 3.91. The molecule has 4 heteroatoms. The maximum atomic E-state index is 13.7. The second kappa shape index (κ2) is 10.2. The molecule has 0 saturated carbocycles. The third kappa shape index (κ3) is 5.46. The largest absolute Gasteiger partial charge is 0.384 e. The number of H-pyrrole nitrogens is 1. The van der Waals surface area contributed by atoms with Crippen LogP contribution in [0.1, 0.15) is 89.8 Å². The molecule has 29 heavy (non-hydrogen) atoms. The Balaban J connectivity index is 2.69. The molecule has 2 rings (SSSR count). The van der Waals surface area contributed by atoms with Crippen LogP contribution in [0.3, 0.4) is 0 Å². The molecule has 2 N–H and O–H groups in total. The zero-order valence-electron chi connectivity index (χ0n) is 18.1.